The molecule has 0 aromatic carbocycles. The molecule has 10 heavy (non-hydrogen) atoms. The Bertz CT molecular complexity index is 108. The highest BCUT2D eigenvalue weighted by molar-refractivity contribution is 5.79. The molecule has 0 aromatic rings. The predicted molar refractivity (Wildman–Crippen MR) is 41.4 cm³/mol. The van der Waals surface area contributed by atoms with Crippen molar-refractivity contribution in [3.05, 3.63) is 0 Å². The minimum atomic E-state index is -0.403. The highest BCUT2D eigenvalue weighted by Crippen LogP contribution is 2.29. The number of hydrogen-bond acceptors (Lipinski definition) is 1. The third-order valence-corrected chi connectivity index (χ3v) is 2.51. The molecule has 0 unspecified atom stereocenters. The van der Waals surface area contributed by atoms with E-state index in [0.717, 1.165) is 19.3 Å². The lowest BCUT2D eigenvalue weighted by atomic mass is 9.79. The van der Waals surface area contributed by atoms with E-state index in [0.29, 0.717) is 0 Å². The van der Waals surface area contributed by atoms with Crippen molar-refractivity contribution >= 4 is 5.91 Å². The van der Waals surface area contributed by atoms with Crippen molar-refractivity contribution in [2.75, 3.05) is 0 Å². The normalized spacial score (nSPS) is 11.5. The maximum atomic E-state index is 10.8. The van der Waals surface area contributed by atoms with E-state index in [9.17, 15) is 4.79 Å². The number of amides is 1. The molecule has 0 saturated carbocycles. The summed E-state index contributed by atoms with van der Waals surface area (Å²) in [5.41, 5.74) is 6.70. The van der Waals surface area contributed by atoms with Crippen molar-refractivity contribution in [1.82, 2.24) is 5.73 Å². The van der Waals surface area contributed by atoms with Gasteiger partial charge in [0.25, 0.3) is 0 Å². The van der Waals surface area contributed by atoms with Gasteiger partial charge in [-0.3, -0.25) is 10.5 Å². The van der Waals surface area contributed by atoms with Crippen molar-refractivity contribution in [2.45, 2.75) is 40.0 Å². The molecule has 0 aliphatic carbocycles. The van der Waals surface area contributed by atoms with Crippen molar-refractivity contribution < 1.29 is 4.79 Å². The topological polar surface area (TPSA) is 40.9 Å². The van der Waals surface area contributed by atoms with Gasteiger partial charge in [0.05, 0.1) is 5.41 Å². The Labute approximate surface area is 62.8 Å². The molecule has 1 amide bonds. The summed E-state index contributed by atoms with van der Waals surface area (Å²) in [5, 5.41) is 0. The van der Waals surface area contributed by atoms with Gasteiger partial charge in [0, 0.05) is 0 Å². The van der Waals surface area contributed by atoms with Gasteiger partial charge in [-0.2, -0.15) is 0 Å². The molecule has 1 N–H and O–H groups in total. The molecule has 0 aliphatic heterocycles. The van der Waals surface area contributed by atoms with Crippen molar-refractivity contribution in [3.8, 4) is 0 Å². The summed E-state index contributed by atoms with van der Waals surface area (Å²) in [5.74, 6) is -0.403. The average molecular weight is 142 g/mol. The van der Waals surface area contributed by atoms with Crippen LogP contribution in [0.15, 0.2) is 0 Å². The van der Waals surface area contributed by atoms with Crippen LogP contribution in [0.4, 0.5) is 0 Å². The first-order chi connectivity index (χ1) is 4.63. The molecule has 0 atom stereocenters. The van der Waals surface area contributed by atoms with Gasteiger partial charge in [-0.15, -0.1) is 0 Å². The van der Waals surface area contributed by atoms with Crippen LogP contribution in [0, 0.1) is 5.41 Å². The SMILES string of the molecule is CCC(CC)(CC)C([NH])=O. The highest BCUT2D eigenvalue weighted by atomic mass is 16.1. The third kappa shape index (κ3) is 1.49. The van der Waals surface area contributed by atoms with E-state index in [1.54, 1.807) is 0 Å². The van der Waals surface area contributed by atoms with Crippen LogP contribution in [-0.2, 0) is 4.79 Å². The van der Waals surface area contributed by atoms with E-state index in [1.165, 1.54) is 0 Å². The first-order valence-corrected chi connectivity index (χ1v) is 3.89. The van der Waals surface area contributed by atoms with Gasteiger partial charge in [-0.1, -0.05) is 20.8 Å². The van der Waals surface area contributed by atoms with E-state index in [4.69, 9.17) is 5.73 Å². The first-order valence-electron chi connectivity index (χ1n) is 3.89. The van der Waals surface area contributed by atoms with E-state index < -0.39 is 5.91 Å². The lowest BCUT2D eigenvalue weighted by molar-refractivity contribution is -0.129. The summed E-state index contributed by atoms with van der Waals surface area (Å²) in [4.78, 5) is 10.8. The minimum absolute atomic E-state index is 0.347. The van der Waals surface area contributed by atoms with Gasteiger partial charge >= 0.3 is 0 Å². The second-order valence-corrected chi connectivity index (χ2v) is 2.67. The Morgan fingerprint density at radius 1 is 1.20 bits per heavy atom. The second-order valence-electron chi connectivity index (χ2n) is 2.67. The number of rotatable bonds is 4. The minimum Gasteiger partial charge on any atom is -0.273 e. The monoisotopic (exact) mass is 142 g/mol. The summed E-state index contributed by atoms with van der Waals surface area (Å²) >= 11 is 0. The van der Waals surface area contributed by atoms with Gasteiger partial charge in [-0.05, 0) is 19.3 Å². The molecule has 0 aromatic heterocycles. The maximum absolute atomic E-state index is 10.8. The summed E-state index contributed by atoms with van der Waals surface area (Å²) in [6.45, 7) is 5.92. The van der Waals surface area contributed by atoms with Crippen molar-refractivity contribution in [2.24, 2.45) is 5.41 Å². The zero-order valence-corrected chi connectivity index (χ0v) is 7.03. The fourth-order valence-corrected chi connectivity index (χ4v) is 1.23. The van der Waals surface area contributed by atoms with Crippen LogP contribution in [0.2, 0.25) is 0 Å². The van der Waals surface area contributed by atoms with Crippen molar-refractivity contribution in [3.63, 3.8) is 0 Å². The fourth-order valence-electron chi connectivity index (χ4n) is 1.23. The van der Waals surface area contributed by atoms with Crippen LogP contribution in [0.3, 0.4) is 0 Å². The number of carbonyl (C=O) groups excluding carboxylic acids is 1. The molecular formula is C8H16NO. The van der Waals surface area contributed by atoms with Gasteiger partial charge in [0.1, 0.15) is 0 Å². The number of hydrogen-bond donors (Lipinski definition) is 0. The largest absolute Gasteiger partial charge is 0.273 e. The van der Waals surface area contributed by atoms with E-state index in [1.807, 2.05) is 20.8 Å². The fraction of sp³-hybridized carbons (Fsp3) is 0.875. The van der Waals surface area contributed by atoms with Crippen LogP contribution in [0.5, 0.6) is 0 Å². The Kier molecular flexibility index (Phi) is 3.40. The third-order valence-electron chi connectivity index (χ3n) is 2.51. The zero-order chi connectivity index (χ0) is 8.20. The Morgan fingerprint density at radius 3 is 1.50 bits per heavy atom. The molecule has 2 heteroatoms. The summed E-state index contributed by atoms with van der Waals surface area (Å²) in [6, 6.07) is 0. The molecule has 2 nitrogen and oxygen atoms in total. The number of nitrogens with one attached hydrogen (secondary N) is 1. The quantitative estimate of drug-likeness (QED) is 0.592. The lowest BCUT2D eigenvalue weighted by Gasteiger charge is -2.24. The molecule has 1 radical (unpaired) electrons. The van der Waals surface area contributed by atoms with Gasteiger partial charge in [0.15, 0.2) is 0 Å². The first kappa shape index (κ1) is 9.47. The van der Waals surface area contributed by atoms with Gasteiger partial charge < -0.3 is 0 Å². The molecule has 0 fully saturated rings. The zero-order valence-electron chi connectivity index (χ0n) is 7.03. The lowest BCUT2D eigenvalue weighted by Crippen LogP contribution is -2.29. The molecule has 0 heterocycles. The molecule has 59 valence electrons. The second kappa shape index (κ2) is 3.59. The molecule has 0 rings (SSSR count). The summed E-state index contributed by atoms with van der Waals surface area (Å²) in [6.07, 6.45) is 2.38. The van der Waals surface area contributed by atoms with Crippen molar-refractivity contribution in [1.29, 1.82) is 0 Å². The van der Waals surface area contributed by atoms with Crippen LogP contribution in [-0.4, -0.2) is 5.91 Å². The summed E-state index contributed by atoms with van der Waals surface area (Å²) in [7, 11) is 0. The Morgan fingerprint density at radius 2 is 1.50 bits per heavy atom. The van der Waals surface area contributed by atoms with E-state index >= 15 is 0 Å². The standard InChI is InChI=1S/C8H16NO/c1-4-8(5-2,6-3)7(9)10/h9H,4-6H2,1-3H3. The average Bonchev–Trinajstić information content (AvgIpc) is 1.92. The predicted octanol–water partition coefficient (Wildman–Crippen LogP) is 2.01. The van der Waals surface area contributed by atoms with Crippen LogP contribution in [0.1, 0.15) is 40.0 Å². The molecule has 0 aliphatic rings. The van der Waals surface area contributed by atoms with Crippen LogP contribution in [0.25, 0.3) is 0 Å². The van der Waals surface area contributed by atoms with E-state index in [-0.39, 0.29) is 5.41 Å². The van der Waals surface area contributed by atoms with E-state index in [2.05, 4.69) is 0 Å². The Balaban J connectivity index is 4.31. The molecular weight excluding hydrogens is 126 g/mol. The Hall–Kier alpha value is -0.530. The maximum Gasteiger partial charge on any atom is 0.244 e. The van der Waals surface area contributed by atoms with Crippen LogP contribution >= 0.6 is 0 Å². The highest BCUT2D eigenvalue weighted by Gasteiger charge is 2.30. The van der Waals surface area contributed by atoms with Gasteiger partial charge in [0.2, 0.25) is 5.91 Å². The van der Waals surface area contributed by atoms with Gasteiger partial charge in [-0.25, -0.2) is 0 Å². The molecule has 0 spiro atoms. The summed E-state index contributed by atoms with van der Waals surface area (Å²) < 4.78 is 0. The van der Waals surface area contributed by atoms with Crippen LogP contribution < -0.4 is 5.73 Å². The molecule has 0 saturated heterocycles. The smallest absolute Gasteiger partial charge is 0.244 e. The molecule has 0 bridgehead atoms. The number of carbonyl (C=O) groups is 1.